The highest BCUT2D eigenvalue weighted by molar-refractivity contribution is 5.90. The number of hydrogen-bond donors (Lipinski definition) is 1. The van der Waals surface area contributed by atoms with Crippen LogP contribution >= 0.6 is 0 Å². The van der Waals surface area contributed by atoms with Gasteiger partial charge in [-0.15, -0.1) is 0 Å². The fourth-order valence-corrected chi connectivity index (χ4v) is 1.93. The Kier molecular flexibility index (Phi) is 5.96. The minimum atomic E-state index is -0.268. The highest BCUT2D eigenvalue weighted by Crippen LogP contribution is 2.00. The van der Waals surface area contributed by atoms with E-state index in [0.717, 1.165) is 12.2 Å². The van der Waals surface area contributed by atoms with Crippen LogP contribution in [-0.2, 0) is 22.6 Å². The number of carbonyl (C=O) groups is 2. The van der Waals surface area contributed by atoms with Gasteiger partial charge >= 0.3 is 0 Å². The molecule has 0 fully saturated rings. The number of carbonyl (C=O) groups excluding carboxylic acids is 2. The van der Waals surface area contributed by atoms with Crippen molar-refractivity contribution in [1.29, 1.82) is 0 Å². The maximum absolute atomic E-state index is 11.8. The lowest BCUT2D eigenvalue weighted by Gasteiger charge is -2.19. The molecular formula is C14H22N4O2. The van der Waals surface area contributed by atoms with Crippen LogP contribution in [0.5, 0.6) is 0 Å². The van der Waals surface area contributed by atoms with Crippen molar-refractivity contribution in [1.82, 2.24) is 19.8 Å². The Morgan fingerprint density at radius 1 is 1.60 bits per heavy atom. The van der Waals surface area contributed by atoms with Crippen LogP contribution in [0.4, 0.5) is 0 Å². The summed E-state index contributed by atoms with van der Waals surface area (Å²) in [5.41, 5.74) is 0. The zero-order valence-corrected chi connectivity index (χ0v) is 12.3. The van der Waals surface area contributed by atoms with Crippen molar-refractivity contribution in [2.45, 2.75) is 32.9 Å². The van der Waals surface area contributed by atoms with E-state index in [9.17, 15) is 9.59 Å². The van der Waals surface area contributed by atoms with E-state index >= 15 is 0 Å². The number of hydrogen-bond acceptors (Lipinski definition) is 3. The summed E-state index contributed by atoms with van der Waals surface area (Å²) in [6, 6.07) is -0.0331. The third-order valence-corrected chi connectivity index (χ3v) is 2.93. The quantitative estimate of drug-likeness (QED) is 0.742. The fraction of sp³-hybridized carbons (Fsp3) is 0.500. The summed E-state index contributed by atoms with van der Waals surface area (Å²) < 4.78 is 2.02. The largest absolute Gasteiger partial charge is 0.350 e. The number of nitrogens with one attached hydrogen (secondary N) is 1. The molecule has 1 rings (SSSR count). The number of amides is 2. The molecule has 0 radical (unpaired) electrons. The normalized spacial score (nSPS) is 11.8. The van der Waals surface area contributed by atoms with Gasteiger partial charge in [-0.1, -0.05) is 13.5 Å². The Labute approximate surface area is 119 Å². The first kappa shape index (κ1) is 15.9. The number of nitrogens with zero attached hydrogens (tertiary/aromatic N) is 3. The van der Waals surface area contributed by atoms with Crippen LogP contribution in [0, 0.1) is 0 Å². The number of likely N-dealkylation sites (N-methyl/N-ethyl adjacent to an activating group) is 1. The average Bonchev–Trinajstić information content (AvgIpc) is 2.84. The fourth-order valence-electron chi connectivity index (χ4n) is 1.93. The maximum atomic E-state index is 11.8. The third kappa shape index (κ3) is 4.53. The number of aryl methyl sites for hydroxylation is 1. The Morgan fingerprint density at radius 2 is 2.30 bits per heavy atom. The van der Waals surface area contributed by atoms with Gasteiger partial charge in [-0.25, -0.2) is 4.98 Å². The molecule has 0 saturated carbocycles. The zero-order valence-electron chi connectivity index (χ0n) is 12.3. The van der Waals surface area contributed by atoms with E-state index < -0.39 is 0 Å². The van der Waals surface area contributed by atoms with Gasteiger partial charge in [-0.2, -0.15) is 0 Å². The van der Waals surface area contributed by atoms with Crippen molar-refractivity contribution >= 4 is 11.8 Å². The second-order valence-corrected chi connectivity index (χ2v) is 4.72. The molecule has 0 saturated heterocycles. The number of aromatic nitrogens is 2. The van der Waals surface area contributed by atoms with E-state index in [1.165, 1.54) is 11.0 Å². The first-order chi connectivity index (χ1) is 9.47. The molecule has 0 spiro atoms. The van der Waals surface area contributed by atoms with Gasteiger partial charge in [0, 0.05) is 38.4 Å². The van der Waals surface area contributed by atoms with Crippen molar-refractivity contribution in [2.24, 2.45) is 0 Å². The Morgan fingerprint density at radius 3 is 2.90 bits per heavy atom. The van der Waals surface area contributed by atoms with E-state index in [-0.39, 0.29) is 24.4 Å². The molecule has 1 aromatic rings. The number of rotatable bonds is 7. The molecule has 1 heterocycles. The molecule has 110 valence electrons. The SMILES string of the molecule is C=CC(=O)N(C)CC(=O)NC(C)Cn1ccnc1CC. The Bertz CT molecular complexity index is 481. The summed E-state index contributed by atoms with van der Waals surface area (Å²) in [6.07, 6.45) is 5.69. The molecule has 0 bridgehead atoms. The summed E-state index contributed by atoms with van der Waals surface area (Å²) in [5.74, 6) is 0.536. The van der Waals surface area contributed by atoms with Crippen LogP contribution in [0.2, 0.25) is 0 Å². The minimum absolute atomic E-state index is 0.0275. The van der Waals surface area contributed by atoms with Gasteiger partial charge in [0.05, 0.1) is 6.54 Å². The first-order valence-electron chi connectivity index (χ1n) is 6.64. The highest BCUT2D eigenvalue weighted by Gasteiger charge is 2.13. The monoisotopic (exact) mass is 278 g/mol. The molecule has 0 aliphatic carbocycles. The lowest BCUT2D eigenvalue weighted by Crippen LogP contribution is -2.42. The van der Waals surface area contributed by atoms with Crippen LogP contribution in [0.25, 0.3) is 0 Å². The van der Waals surface area contributed by atoms with Crippen LogP contribution in [-0.4, -0.2) is 45.9 Å². The maximum Gasteiger partial charge on any atom is 0.246 e. The van der Waals surface area contributed by atoms with Crippen LogP contribution in [0.1, 0.15) is 19.7 Å². The summed E-state index contributed by atoms with van der Waals surface area (Å²) >= 11 is 0. The van der Waals surface area contributed by atoms with Crippen LogP contribution < -0.4 is 5.32 Å². The predicted molar refractivity (Wildman–Crippen MR) is 77.0 cm³/mol. The second-order valence-electron chi connectivity index (χ2n) is 4.72. The van der Waals surface area contributed by atoms with Crippen molar-refractivity contribution in [2.75, 3.05) is 13.6 Å². The van der Waals surface area contributed by atoms with Crippen molar-refractivity contribution in [3.05, 3.63) is 30.9 Å². The van der Waals surface area contributed by atoms with Crippen molar-refractivity contribution < 1.29 is 9.59 Å². The highest BCUT2D eigenvalue weighted by atomic mass is 16.2. The molecule has 2 amide bonds. The van der Waals surface area contributed by atoms with Crippen molar-refractivity contribution in [3.63, 3.8) is 0 Å². The zero-order chi connectivity index (χ0) is 15.1. The molecule has 1 unspecified atom stereocenters. The standard InChI is InChI=1S/C14H22N4O2/c1-5-12-15-7-8-18(12)9-11(3)16-13(19)10-17(4)14(20)6-2/h6-8,11H,2,5,9-10H2,1,3-4H3,(H,16,19). The molecule has 0 aromatic carbocycles. The lowest BCUT2D eigenvalue weighted by molar-refractivity contribution is -0.131. The molecule has 20 heavy (non-hydrogen) atoms. The van der Waals surface area contributed by atoms with Gasteiger partial charge in [-0.05, 0) is 13.0 Å². The van der Waals surface area contributed by atoms with Crippen molar-refractivity contribution in [3.8, 4) is 0 Å². The van der Waals surface area contributed by atoms with E-state index in [1.54, 1.807) is 13.2 Å². The van der Waals surface area contributed by atoms with Gasteiger partial charge in [0.25, 0.3) is 0 Å². The molecular weight excluding hydrogens is 256 g/mol. The minimum Gasteiger partial charge on any atom is -0.350 e. The summed E-state index contributed by atoms with van der Waals surface area (Å²) in [7, 11) is 1.57. The lowest BCUT2D eigenvalue weighted by atomic mass is 10.3. The molecule has 0 aliphatic rings. The van der Waals surface area contributed by atoms with Gasteiger partial charge in [0.1, 0.15) is 5.82 Å². The molecule has 1 N–H and O–H groups in total. The van der Waals surface area contributed by atoms with Gasteiger partial charge in [-0.3, -0.25) is 9.59 Å². The average molecular weight is 278 g/mol. The summed E-state index contributed by atoms with van der Waals surface area (Å²) in [6.45, 7) is 8.04. The van der Waals surface area contributed by atoms with Gasteiger partial charge in [0.2, 0.25) is 11.8 Å². The first-order valence-corrected chi connectivity index (χ1v) is 6.64. The smallest absolute Gasteiger partial charge is 0.246 e. The molecule has 0 aliphatic heterocycles. The van der Waals surface area contributed by atoms with Crippen LogP contribution in [0.3, 0.4) is 0 Å². The van der Waals surface area contributed by atoms with Gasteiger partial charge < -0.3 is 14.8 Å². The molecule has 1 aromatic heterocycles. The topological polar surface area (TPSA) is 67.2 Å². The molecule has 1 atom stereocenters. The van der Waals surface area contributed by atoms with E-state index in [1.807, 2.05) is 24.6 Å². The third-order valence-electron chi connectivity index (χ3n) is 2.93. The number of imidazole rings is 1. The summed E-state index contributed by atoms with van der Waals surface area (Å²) in [5, 5.41) is 2.86. The molecule has 6 nitrogen and oxygen atoms in total. The van der Waals surface area contributed by atoms with E-state index in [0.29, 0.717) is 6.54 Å². The van der Waals surface area contributed by atoms with E-state index in [4.69, 9.17) is 0 Å². The van der Waals surface area contributed by atoms with E-state index in [2.05, 4.69) is 16.9 Å². The summed E-state index contributed by atoms with van der Waals surface area (Å²) in [4.78, 5) is 28.7. The van der Waals surface area contributed by atoms with Crippen LogP contribution in [0.15, 0.2) is 25.0 Å². The predicted octanol–water partition coefficient (Wildman–Crippen LogP) is 0.595. The molecule has 6 heteroatoms. The Hall–Kier alpha value is -2.11. The second kappa shape index (κ2) is 7.47. The van der Waals surface area contributed by atoms with Gasteiger partial charge in [0.15, 0.2) is 0 Å². The Balaban J connectivity index is 2.46.